The van der Waals surface area contributed by atoms with Crippen molar-refractivity contribution in [1.82, 2.24) is 14.8 Å². The van der Waals surface area contributed by atoms with E-state index in [9.17, 15) is 5.11 Å². The minimum atomic E-state index is -1.12. The summed E-state index contributed by atoms with van der Waals surface area (Å²) in [7, 11) is 1.64. The van der Waals surface area contributed by atoms with Gasteiger partial charge < -0.3 is 19.5 Å². The van der Waals surface area contributed by atoms with Crippen LogP contribution in [-0.4, -0.2) is 79.5 Å². The van der Waals surface area contributed by atoms with E-state index in [0.29, 0.717) is 38.3 Å². The number of aromatic nitrogens is 1. The van der Waals surface area contributed by atoms with Crippen LogP contribution in [0.3, 0.4) is 0 Å². The Bertz CT molecular complexity index is 1050. The third-order valence-electron chi connectivity index (χ3n) is 9.77. The number of hydrogen-bond acceptors (Lipinski definition) is 6. The van der Waals surface area contributed by atoms with Gasteiger partial charge in [0.15, 0.2) is 0 Å². The number of aliphatic hydroxyl groups is 1. The molecule has 2 aliphatic heterocycles. The normalized spacial score (nSPS) is 22.2. The number of nitrogens with zero attached hydrogens (tertiary/aromatic N) is 3. The van der Waals surface area contributed by atoms with Gasteiger partial charge in [-0.1, -0.05) is 32.1 Å². The van der Waals surface area contributed by atoms with E-state index in [1.807, 2.05) is 24.4 Å². The average Bonchev–Trinajstić information content (AvgIpc) is 3.00. The van der Waals surface area contributed by atoms with E-state index >= 15 is 4.39 Å². The van der Waals surface area contributed by atoms with Crippen LogP contribution >= 0.6 is 0 Å². The third-order valence-corrected chi connectivity index (χ3v) is 9.77. The number of piperidine rings is 1. The maximum atomic E-state index is 16.4. The van der Waals surface area contributed by atoms with Crippen molar-refractivity contribution in [3.8, 4) is 5.75 Å². The highest BCUT2D eigenvalue weighted by atomic mass is 19.1. The largest absolute Gasteiger partial charge is 0.497 e. The van der Waals surface area contributed by atoms with Gasteiger partial charge in [-0.25, -0.2) is 4.39 Å². The first-order chi connectivity index (χ1) is 19.1. The molecule has 7 heteroatoms. The lowest BCUT2D eigenvalue weighted by Gasteiger charge is -2.41. The van der Waals surface area contributed by atoms with E-state index in [2.05, 4.69) is 14.8 Å². The molecular weight excluding hydrogens is 493 g/mol. The molecule has 3 aliphatic rings. The van der Waals surface area contributed by atoms with E-state index in [1.165, 1.54) is 45.1 Å². The summed E-state index contributed by atoms with van der Waals surface area (Å²) in [6, 6.07) is 5.73. The van der Waals surface area contributed by atoms with Gasteiger partial charge in [0.25, 0.3) is 0 Å². The van der Waals surface area contributed by atoms with Gasteiger partial charge in [0, 0.05) is 43.4 Å². The molecule has 0 radical (unpaired) electrons. The Balaban J connectivity index is 1.25. The van der Waals surface area contributed by atoms with E-state index in [0.717, 1.165) is 67.0 Å². The zero-order valence-corrected chi connectivity index (χ0v) is 23.9. The number of methoxy groups -OCH3 is 1. The Morgan fingerprint density at radius 2 is 1.87 bits per heavy atom. The molecule has 3 heterocycles. The Morgan fingerprint density at radius 1 is 1.10 bits per heavy atom. The van der Waals surface area contributed by atoms with Gasteiger partial charge in [0.2, 0.25) is 0 Å². The summed E-state index contributed by atoms with van der Waals surface area (Å²) in [4.78, 5) is 9.58. The van der Waals surface area contributed by atoms with Crippen molar-refractivity contribution < 1.29 is 19.0 Å². The van der Waals surface area contributed by atoms with Gasteiger partial charge in [-0.15, -0.1) is 0 Å². The van der Waals surface area contributed by atoms with Crippen LogP contribution in [0.1, 0.15) is 81.5 Å². The van der Waals surface area contributed by atoms with Crippen LogP contribution in [0.25, 0.3) is 10.9 Å². The maximum Gasteiger partial charge on any atom is 0.126 e. The van der Waals surface area contributed by atoms with E-state index < -0.39 is 6.17 Å². The number of aliphatic hydroxyl groups excluding tert-OH is 1. The number of rotatable bonds is 11. The quantitative estimate of drug-likeness (QED) is 0.382. The molecule has 1 N–H and O–H groups in total. The highest BCUT2D eigenvalue weighted by Gasteiger charge is 2.35. The minimum absolute atomic E-state index is 0.141. The van der Waals surface area contributed by atoms with Gasteiger partial charge in [-0.05, 0) is 86.8 Å². The lowest BCUT2D eigenvalue weighted by Crippen LogP contribution is -2.42. The summed E-state index contributed by atoms with van der Waals surface area (Å²) >= 11 is 0. The number of morpholine rings is 1. The van der Waals surface area contributed by atoms with Crippen molar-refractivity contribution in [2.75, 3.05) is 59.7 Å². The van der Waals surface area contributed by atoms with Gasteiger partial charge in [0.1, 0.15) is 11.9 Å². The molecular formula is C32H48FN3O3. The number of benzene rings is 1. The summed E-state index contributed by atoms with van der Waals surface area (Å²) in [5.41, 5.74) is 2.29. The number of ether oxygens (including phenoxy) is 2. The standard InChI is InChI=1S/C32H48FN3O3/c1-38-27-7-8-30-28(21-27)31(26(22-34-30)23-36-17-19-39-20-18-36)29(33)9-11-32(24-37)12-15-35(16-13-32)14-10-25-5-3-2-4-6-25/h7-8,21-22,25,29,37H,2-6,9-20,23-24H2,1H3/t29-/m0/s1. The molecule has 1 atom stereocenters. The molecule has 5 rings (SSSR count). The number of alkyl halides is 1. The van der Waals surface area contributed by atoms with Crippen LogP contribution < -0.4 is 4.74 Å². The van der Waals surface area contributed by atoms with Crippen molar-refractivity contribution in [2.45, 2.75) is 76.9 Å². The summed E-state index contributed by atoms with van der Waals surface area (Å²) in [5.74, 6) is 1.62. The first-order valence-electron chi connectivity index (χ1n) is 15.3. The summed E-state index contributed by atoms with van der Waals surface area (Å²) in [6.45, 7) is 7.12. The molecule has 0 unspecified atom stereocenters. The Kier molecular flexibility index (Phi) is 10.1. The monoisotopic (exact) mass is 541 g/mol. The zero-order chi connectivity index (χ0) is 27.1. The molecule has 0 amide bonds. The average molecular weight is 542 g/mol. The molecule has 2 saturated heterocycles. The van der Waals surface area contributed by atoms with Crippen molar-refractivity contribution in [2.24, 2.45) is 11.3 Å². The van der Waals surface area contributed by atoms with Crippen molar-refractivity contribution in [3.05, 3.63) is 35.5 Å². The molecule has 216 valence electrons. The third kappa shape index (κ3) is 7.29. The molecule has 1 aromatic carbocycles. The van der Waals surface area contributed by atoms with Crippen molar-refractivity contribution >= 4 is 10.9 Å². The molecule has 1 aromatic heterocycles. The van der Waals surface area contributed by atoms with Crippen LogP contribution in [0.4, 0.5) is 4.39 Å². The number of fused-ring (bicyclic) bond motifs is 1. The van der Waals surface area contributed by atoms with Crippen molar-refractivity contribution in [1.29, 1.82) is 0 Å². The van der Waals surface area contributed by atoms with Crippen LogP contribution in [0.5, 0.6) is 5.75 Å². The van der Waals surface area contributed by atoms with E-state index in [1.54, 1.807) is 7.11 Å². The predicted octanol–water partition coefficient (Wildman–Crippen LogP) is 5.91. The van der Waals surface area contributed by atoms with E-state index in [-0.39, 0.29) is 12.0 Å². The van der Waals surface area contributed by atoms with Crippen LogP contribution in [-0.2, 0) is 11.3 Å². The van der Waals surface area contributed by atoms with Crippen LogP contribution in [0.2, 0.25) is 0 Å². The number of hydrogen-bond donors (Lipinski definition) is 1. The van der Waals surface area contributed by atoms with Crippen LogP contribution in [0, 0.1) is 11.3 Å². The lowest BCUT2D eigenvalue weighted by atomic mass is 9.74. The molecule has 2 aromatic rings. The molecule has 0 bridgehead atoms. The lowest BCUT2D eigenvalue weighted by molar-refractivity contribution is 0.0276. The van der Waals surface area contributed by atoms with Gasteiger partial charge >= 0.3 is 0 Å². The molecule has 6 nitrogen and oxygen atoms in total. The number of likely N-dealkylation sites (tertiary alicyclic amines) is 1. The molecule has 3 fully saturated rings. The molecule has 39 heavy (non-hydrogen) atoms. The second kappa shape index (κ2) is 13.7. The second-order valence-electron chi connectivity index (χ2n) is 12.3. The van der Waals surface area contributed by atoms with Gasteiger partial charge in [-0.2, -0.15) is 0 Å². The molecule has 1 aliphatic carbocycles. The first-order valence-corrected chi connectivity index (χ1v) is 15.3. The fourth-order valence-electron chi connectivity index (χ4n) is 7.01. The summed E-state index contributed by atoms with van der Waals surface area (Å²) in [6.07, 6.45) is 12.1. The number of pyridine rings is 1. The number of halogens is 1. The highest BCUT2D eigenvalue weighted by Crippen LogP contribution is 2.41. The zero-order valence-electron chi connectivity index (χ0n) is 23.9. The predicted molar refractivity (Wildman–Crippen MR) is 154 cm³/mol. The topological polar surface area (TPSA) is 58.1 Å². The van der Waals surface area contributed by atoms with Crippen LogP contribution in [0.15, 0.2) is 24.4 Å². The maximum absolute atomic E-state index is 16.4. The Hall–Kier alpha value is -1.80. The Labute approximate surface area is 233 Å². The second-order valence-corrected chi connectivity index (χ2v) is 12.3. The smallest absolute Gasteiger partial charge is 0.126 e. The van der Waals surface area contributed by atoms with E-state index in [4.69, 9.17) is 9.47 Å². The Morgan fingerprint density at radius 3 is 2.59 bits per heavy atom. The minimum Gasteiger partial charge on any atom is -0.497 e. The summed E-state index contributed by atoms with van der Waals surface area (Å²) in [5, 5.41) is 11.3. The summed E-state index contributed by atoms with van der Waals surface area (Å²) < 4.78 is 27.4. The first kappa shape index (κ1) is 28.7. The van der Waals surface area contributed by atoms with Gasteiger partial charge in [-0.3, -0.25) is 9.88 Å². The van der Waals surface area contributed by atoms with Gasteiger partial charge in [0.05, 0.1) is 25.8 Å². The van der Waals surface area contributed by atoms with Crippen molar-refractivity contribution in [3.63, 3.8) is 0 Å². The highest BCUT2D eigenvalue weighted by molar-refractivity contribution is 5.85. The SMILES string of the molecule is COc1ccc2ncc(CN3CCOCC3)c([C@@H](F)CCC3(CO)CCN(CCC4CCCCC4)CC3)c2c1. The molecule has 1 saturated carbocycles. The fourth-order valence-corrected chi connectivity index (χ4v) is 7.01. The fraction of sp³-hybridized carbons (Fsp3) is 0.719. The molecule has 0 spiro atoms.